The summed E-state index contributed by atoms with van der Waals surface area (Å²) in [7, 11) is 0. The van der Waals surface area contributed by atoms with Crippen molar-refractivity contribution in [2.75, 3.05) is 11.4 Å². The number of nitrogens with one attached hydrogen (secondary N) is 1. The Hall–Kier alpha value is -1.75. The minimum absolute atomic E-state index is 0. The van der Waals surface area contributed by atoms with Gasteiger partial charge in [-0.15, -0.1) is 12.4 Å². The van der Waals surface area contributed by atoms with Crippen LogP contribution in [-0.4, -0.2) is 24.4 Å². The molecule has 0 aromatic heterocycles. The normalized spacial score (nSPS) is 17.5. The fourth-order valence-corrected chi connectivity index (χ4v) is 1.82. The lowest BCUT2D eigenvalue weighted by Gasteiger charge is -2.32. The molecular weight excluding hydrogens is 254 g/mol. The summed E-state index contributed by atoms with van der Waals surface area (Å²) in [6.07, 6.45) is -0.121. The summed E-state index contributed by atoms with van der Waals surface area (Å²) in [5, 5.41) is 7.22. The van der Waals surface area contributed by atoms with Crippen LogP contribution in [0.1, 0.15) is 13.3 Å². The molecule has 0 bridgehead atoms. The van der Waals surface area contributed by atoms with Gasteiger partial charge in [0.1, 0.15) is 5.75 Å². The van der Waals surface area contributed by atoms with Crippen LogP contribution in [0.5, 0.6) is 5.75 Å². The highest BCUT2D eigenvalue weighted by molar-refractivity contribution is 6.00. The second-order valence-electron chi connectivity index (χ2n) is 3.99. The van der Waals surface area contributed by atoms with E-state index in [1.54, 1.807) is 11.8 Å². The first kappa shape index (κ1) is 14.3. The summed E-state index contributed by atoms with van der Waals surface area (Å²) in [6.45, 7) is 2.14. The highest BCUT2D eigenvalue weighted by atomic mass is 35.5. The number of rotatable bonds is 3. The van der Waals surface area contributed by atoms with E-state index in [1.807, 2.05) is 24.3 Å². The van der Waals surface area contributed by atoms with Crippen molar-refractivity contribution in [2.24, 2.45) is 5.73 Å². The summed E-state index contributed by atoms with van der Waals surface area (Å²) >= 11 is 0. The molecule has 5 nitrogen and oxygen atoms in total. The van der Waals surface area contributed by atoms with Crippen LogP contribution in [0.4, 0.5) is 5.69 Å². The molecule has 98 valence electrons. The van der Waals surface area contributed by atoms with E-state index in [9.17, 15) is 4.79 Å². The third kappa shape index (κ3) is 2.73. The van der Waals surface area contributed by atoms with Gasteiger partial charge in [0.05, 0.1) is 11.5 Å². The molecule has 1 heterocycles. The number of amidine groups is 1. The summed E-state index contributed by atoms with van der Waals surface area (Å²) in [5.74, 6) is 0.683. The van der Waals surface area contributed by atoms with Crippen LogP contribution in [0.25, 0.3) is 0 Å². The third-order valence-corrected chi connectivity index (χ3v) is 2.68. The van der Waals surface area contributed by atoms with Crippen LogP contribution < -0.4 is 15.4 Å². The topological polar surface area (TPSA) is 79.4 Å². The van der Waals surface area contributed by atoms with Gasteiger partial charge in [-0.1, -0.05) is 12.1 Å². The number of hydrogen-bond donors (Lipinski definition) is 2. The van der Waals surface area contributed by atoms with Crippen LogP contribution >= 0.6 is 12.4 Å². The van der Waals surface area contributed by atoms with E-state index in [0.717, 1.165) is 5.69 Å². The number of fused-ring (bicyclic) bond motifs is 1. The molecule has 0 aliphatic carbocycles. The van der Waals surface area contributed by atoms with Gasteiger partial charge in [0.25, 0.3) is 5.91 Å². The molecule has 3 N–H and O–H groups in total. The second-order valence-corrected chi connectivity index (χ2v) is 3.99. The fourth-order valence-electron chi connectivity index (χ4n) is 1.82. The number of anilines is 1. The largest absolute Gasteiger partial charge is 0.479 e. The minimum atomic E-state index is -0.489. The minimum Gasteiger partial charge on any atom is -0.479 e. The SMILES string of the molecule is CC1Oc2ccccc2N(CCC(=N)N)C1=O.Cl. The van der Waals surface area contributed by atoms with Crippen LogP contribution in [-0.2, 0) is 4.79 Å². The van der Waals surface area contributed by atoms with Gasteiger partial charge in [0.15, 0.2) is 6.10 Å². The lowest BCUT2D eigenvalue weighted by molar-refractivity contribution is -0.125. The van der Waals surface area contributed by atoms with Crippen molar-refractivity contribution in [3.05, 3.63) is 24.3 Å². The number of amides is 1. The molecule has 1 aliphatic rings. The van der Waals surface area contributed by atoms with Crippen molar-refractivity contribution in [1.82, 2.24) is 0 Å². The van der Waals surface area contributed by atoms with E-state index in [2.05, 4.69) is 0 Å². The quantitative estimate of drug-likeness (QED) is 0.645. The van der Waals surface area contributed by atoms with Crippen LogP contribution in [0.15, 0.2) is 24.3 Å². The number of nitrogens with zero attached hydrogens (tertiary/aromatic N) is 1. The van der Waals surface area contributed by atoms with E-state index >= 15 is 0 Å². The van der Waals surface area contributed by atoms with E-state index in [4.69, 9.17) is 15.9 Å². The van der Waals surface area contributed by atoms with Gasteiger partial charge in [0.2, 0.25) is 0 Å². The van der Waals surface area contributed by atoms with Crippen LogP contribution in [0, 0.1) is 5.41 Å². The van der Waals surface area contributed by atoms with Gasteiger partial charge < -0.3 is 15.4 Å². The maximum atomic E-state index is 12.0. The molecule has 0 spiro atoms. The lowest BCUT2D eigenvalue weighted by Crippen LogP contribution is -2.45. The van der Waals surface area contributed by atoms with Crippen molar-refractivity contribution in [2.45, 2.75) is 19.4 Å². The van der Waals surface area contributed by atoms with Crippen molar-refractivity contribution in [3.8, 4) is 5.75 Å². The number of halogens is 1. The molecule has 0 radical (unpaired) electrons. The monoisotopic (exact) mass is 269 g/mol. The Kier molecular flexibility index (Phi) is 4.55. The first-order valence-electron chi connectivity index (χ1n) is 5.49. The first-order valence-corrected chi connectivity index (χ1v) is 5.49. The van der Waals surface area contributed by atoms with E-state index in [0.29, 0.717) is 18.7 Å². The predicted octanol–water partition coefficient (Wildman–Crippen LogP) is 1.55. The van der Waals surface area contributed by atoms with Gasteiger partial charge in [0, 0.05) is 13.0 Å². The third-order valence-electron chi connectivity index (χ3n) is 2.68. The Balaban J connectivity index is 0.00000162. The maximum absolute atomic E-state index is 12.0. The molecule has 1 aromatic rings. The molecule has 2 rings (SSSR count). The molecule has 1 atom stereocenters. The van der Waals surface area contributed by atoms with E-state index < -0.39 is 6.10 Å². The zero-order chi connectivity index (χ0) is 12.4. The smallest absolute Gasteiger partial charge is 0.267 e. The van der Waals surface area contributed by atoms with Gasteiger partial charge in [-0.3, -0.25) is 10.2 Å². The molecule has 0 saturated heterocycles. The molecule has 0 fully saturated rings. The highest BCUT2D eigenvalue weighted by Gasteiger charge is 2.30. The average molecular weight is 270 g/mol. The Morgan fingerprint density at radius 3 is 2.83 bits per heavy atom. The average Bonchev–Trinajstić information content (AvgIpc) is 2.29. The fraction of sp³-hybridized carbons (Fsp3) is 0.333. The van der Waals surface area contributed by atoms with Crippen LogP contribution in [0.2, 0.25) is 0 Å². The summed E-state index contributed by atoms with van der Waals surface area (Å²) in [5.41, 5.74) is 6.07. The van der Waals surface area contributed by atoms with Crippen molar-refractivity contribution in [3.63, 3.8) is 0 Å². The molecule has 1 aliphatic heterocycles. The second kappa shape index (κ2) is 5.73. The number of hydrogen-bond acceptors (Lipinski definition) is 3. The number of nitrogens with two attached hydrogens (primary N) is 1. The molecule has 1 amide bonds. The molecule has 18 heavy (non-hydrogen) atoms. The van der Waals surface area contributed by atoms with Gasteiger partial charge in [-0.2, -0.15) is 0 Å². The predicted molar refractivity (Wildman–Crippen MR) is 72.7 cm³/mol. The zero-order valence-electron chi connectivity index (χ0n) is 10.1. The lowest BCUT2D eigenvalue weighted by atomic mass is 10.1. The summed E-state index contributed by atoms with van der Waals surface area (Å²) < 4.78 is 5.50. The number of ether oxygens (including phenoxy) is 1. The van der Waals surface area contributed by atoms with Crippen molar-refractivity contribution >= 4 is 29.8 Å². The first-order chi connectivity index (χ1) is 8.09. The van der Waals surface area contributed by atoms with Crippen molar-refractivity contribution < 1.29 is 9.53 Å². The van der Waals surface area contributed by atoms with Gasteiger partial charge in [-0.25, -0.2) is 0 Å². The molecule has 1 aromatic carbocycles. The van der Waals surface area contributed by atoms with Gasteiger partial charge >= 0.3 is 0 Å². The van der Waals surface area contributed by atoms with Gasteiger partial charge in [-0.05, 0) is 19.1 Å². The maximum Gasteiger partial charge on any atom is 0.267 e. The van der Waals surface area contributed by atoms with Crippen molar-refractivity contribution in [1.29, 1.82) is 5.41 Å². The Bertz CT molecular complexity index is 464. The van der Waals surface area contributed by atoms with Crippen LogP contribution in [0.3, 0.4) is 0 Å². The molecular formula is C12H16ClN3O2. The number of carbonyl (C=O) groups is 1. The standard InChI is InChI=1S/C12H15N3O2.ClH/c1-8-12(16)15(7-6-11(13)14)9-4-2-3-5-10(9)17-8;/h2-5,8H,6-7H2,1H3,(H3,13,14);1H. The Morgan fingerprint density at radius 1 is 1.50 bits per heavy atom. The number of benzene rings is 1. The number of carbonyl (C=O) groups excluding carboxylic acids is 1. The molecule has 1 unspecified atom stereocenters. The molecule has 0 saturated carbocycles. The summed E-state index contributed by atoms with van der Waals surface area (Å²) in [6, 6.07) is 7.38. The molecule has 6 heteroatoms. The van der Waals surface area contributed by atoms with E-state index in [-0.39, 0.29) is 24.1 Å². The Morgan fingerprint density at radius 2 is 2.17 bits per heavy atom. The highest BCUT2D eigenvalue weighted by Crippen LogP contribution is 2.33. The zero-order valence-corrected chi connectivity index (χ0v) is 10.9. The summed E-state index contributed by atoms with van der Waals surface area (Å²) in [4.78, 5) is 13.6. The van der Waals surface area contributed by atoms with E-state index in [1.165, 1.54) is 0 Å². The number of para-hydroxylation sites is 2. The Labute approximate surface area is 112 Å².